The Balaban J connectivity index is 1.69. The lowest BCUT2D eigenvalue weighted by molar-refractivity contribution is 0.1000. The van der Waals surface area contributed by atoms with Crippen LogP contribution in [0.4, 0.5) is 0 Å². The lowest BCUT2D eigenvalue weighted by Gasteiger charge is -2.16. The van der Waals surface area contributed by atoms with E-state index < -0.39 is 0 Å². The second kappa shape index (κ2) is 7.02. The van der Waals surface area contributed by atoms with Crippen LogP contribution in [-0.2, 0) is 6.42 Å². The molecule has 26 heavy (non-hydrogen) atoms. The van der Waals surface area contributed by atoms with Crippen LogP contribution in [0.1, 0.15) is 27.0 Å². The van der Waals surface area contributed by atoms with E-state index in [1.165, 1.54) is 5.56 Å². The summed E-state index contributed by atoms with van der Waals surface area (Å²) < 4.78 is 0. The Morgan fingerprint density at radius 1 is 0.885 bits per heavy atom. The van der Waals surface area contributed by atoms with Gasteiger partial charge in [0.05, 0.1) is 5.71 Å². The van der Waals surface area contributed by atoms with Crippen LogP contribution in [0.25, 0.3) is 11.1 Å². The number of carbonyl (C=O) groups is 1. The monoisotopic (exact) mass is 341 g/mol. The van der Waals surface area contributed by atoms with Gasteiger partial charge in [-0.05, 0) is 35.2 Å². The molecule has 4 nitrogen and oxygen atoms in total. The molecule has 4 rings (SSSR count). The summed E-state index contributed by atoms with van der Waals surface area (Å²) in [7, 11) is 0. The number of aliphatic imine (C=N–C) groups is 1. The minimum Gasteiger partial charge on any atom is -0.325 e. The number of pyridine rings is 1. The van der Waals surface area contributed by atoms with Gasteiger partial charge in [-0.1, -0.05) is 42.5 Å². The summed E-state index contributed by atoms with van der Waals surface area (Å²) in [5.41, 5.74) is 12.6. The van der Waals surface area contributed by atoms with Gasteiger partial charge in [-0.3, -0.25) is 14.8 Å². The summed E-state index contributed by atoms with van der Waals surface area (Å²) >= 11 is 0. The summed E-state index contributed by atoms with van der Waals surface area (Å²) in [6, 6.07) is 18.3. The smallest absolute Gasteiger partial charge is 0.184 e. The van der Waals surface area contributed by atoms with Crippen molar-refractivity contribution < 1.29 is 4.79 Å². The highest BCUT2D eigenvalue weighted by molar-refractivity contribution is 6.16. The molecule has 0 bridgehead atoms. The van der Waals surface area contributed by atoms with Crippen molar-refractivity contribution in [2.24, 2.45) is 10.7 Å². The predicted octanol–water partition coefficient (Wildman–Crippen LogP) is 3.28. The van der Waals surface area contributed by atoms with Gasteiger partial charge in [0.15, 0.2) is 5.78 Å². The van der Waals surface area contributed by atoms with Gasteiger partial charge < -0.3 is 5.73 Å². The molecule has 0 saturated heterocycles. The third-order valence-electron chi connectivity index (χ3n) is 4.62. The number of benzene rings is 2. The van der Waals surface area contributed by atoms with E-state index in [0.29, 0.717) is 12.1 Å². The highest BCUT2D eigenvalue weighted by atomic mass is 16.1. The van der Waals surface area contributed by atoms with Crippen molar-refractivity contribution in [3.63, 3.8) is 0 Å². The molecule has 0 amide bonds. The fourth-order valence-corrected chi connectivity index (χ4v) is 3.29. The zero-order chi connectivity index (χ0) is 17.9. The van der Waals surface area contributed by atoms with Gasteiger partial charge in [-0.15, -0.1) is 0 Å². The number of nitrogens with two attached hydrogens (primary N) is 1. The Kier molecular flexibility index (Phi) is 4.42. The maximum atomic E-state index is 12.1. The van der Waals surface area contributed by atoms with E-state index >= 15 is 0 Å². The Labute approximate surface area is 152 Å². The SMILES string of the molecule is NCC1=NCC(=O)c2ccc(-c3cncc(Cc4ccccc4)c3)cc21. The highest BCUT2D eigenvalue weighted by Gasteiger charge is 2.20. The lowest BCUT2D eigenvalue weighted by Crippen LogP contribution is -2.24. The van der Waals surface area contributed by atoms with E-state index in [0.717, 1.165) is 34.4 Å². The lowest BCUT2D eigenvalue weighted by atomic mass is 9.92. The Morgan fingerprint density at radius 3 is 2.54 bits per heavy atom. The quantitative estimate of drug-likeness (QED) is 0.792. The molecule has 2 heterocycles. The van der Waals surface area contributed by atoms with Crippen LogP contribution in [-0.4, -0.2) is 29.6 Å². The summed E-state index contributed by atoms with van der Waals surface area (Å²) in [5, 5.41) is 0. The first-order chi connectivity index (χ1) is 12.7. The van der Waals surface area contributed by atoms with Crippen LogP contribution in [0.15, 0.2) is 72.0 Å². The van der Waals surface area contributed by atoms with Crippen LogP contribution in [0.3, 0.4) is 0 Å². The normalized spacial score (nSPS) is 13.3. The van der Waals surface area contributed by atoms with Crippen LogP contribution in [0, 0.1) is 0 Å². The largest absolute Gasteiger partial charge is 0.325 e. The molecule has 0 fully saturated rings. The van der Waals surface area contributed by atoms with E-state index in [-0.39, 0.29) is 12.3 Å². The minimum absolute atomic E-state index is 0.0414. The van der Waals surface area contributed by atoms with Crippen LogP contribution in [0.5, 0.6) is 0 Å². The van der Waals surface area contributed by atoms with Crippen molar-refractivity contribution >= 4 is 11.5 Å². The van der Waals surface area contributed by atoms with Gasteiger partial charge in [-0.25, -0.2) is 0 Å². The number of nitrogens with zero attached hydrogens (tertiary/aromatic N) is 2. The number of ketones is 1. The van der Waals surface area contributed by atoms with Crippen molar-refractivity contribution in [3.8, 4) is 11.1 Å². The fraction of sp³-hybridized carbons (Fsp3) is 0.136. The molecule has 3 aromatic rings. The number of hydrogen-bond donors (Lipinski definition) is 1. The molecule has 2 aromatic carbocycles. The second-order valence-electron chi connectivity index (χ2n) is 6.39. The molecule has 0 spiro atoms. The molecule has 0 aliphatic carbocycles. The van der Waals surface area contributed by atoms with Crippen molar-refractivity contribution in [3.05, 3.63) is 89.2 Å². The first kappa shape index (κ1) is 16.4. The third-order valence-corrected chi connectivity index (χ3v) is 4.62. The van der Waals surface area contributed by atoms with Crippen molar-refractivity contribution in [2.45, 2.75) is 6.42 Å². The van der Waals surface area contributed by atoms with E-state index in [1.807, 2.05) is 48.8 Å². The maximum absolute atomic E-state index is 12.1. The molecule has 0 saturated carbocycles. The molecule has 2 N–H and O–H groups in total. The minimum atomic E-state index is 0.0414. The number of carbonyl (C=O) groups excluding carboxylic acids is 1. The molecule has 4 heteroatoms. The Bertz CT molecular complexity index is 993. The summed E-state index contributed by atoms with van der Waals surface area (Å²) in [4.78, 5) is 20.8. The van der Waals surface area contributed by atoms with Crippen molar-refractivity contribution in [1.29, 1.82) is 0 Å². The Hall–Kier alpha value is -3.11. The molecule has 1 aliphatic rings. The summed E-state index contributed by atoms with van der Waals surface area (Å²) in [6.45, 7) is 0.517. The van der Waals surface area contributed by atoms with Gasteiger partial charge >= 0.3 is 0 Å². The van der Waals surface area contributed by atoms with Crippen molar-refractivity contribution in [2.75, 3.05) is 13.1 Å². The first-order valence-electron chi connectivity index (χ1n) is 8.64. The molecule has 0 unspecified atom stereocenters. The zero-order valence-corrected chi connectivity index (χ0v) is 14.4. The molecular weight excluding hydrogens is 322 g/mol. The second-order valence-corrected chi connectivity index (χ2v) is 6.39. The van der Waals surface area contributed by atoms with Crippen LogP contribution < -0.4 is 5.73 Å². The number of aromatic nitrogens is 1. The van der Waals surface area contributed by atoms with E-state index in [2.05, 4.69) is 28.2 Å². The molecule has 0 atom stereocenters. The van der Waals surface area contributed by atoms with Gasteiger partial charge in [0.2, 0.25) is 0 Å². The summed E-state index contributed by atoms with van der Waals surface area (Å²) in [6.07, 6.45) is 4.58. The number of fused-ring (bicyclic) bond motifs is 1. The standard InChI is InChI=1S/C22H19N3O/c23-11-21-20-10-17(6-7-19(20)22(26)14-25-21)18-9-16(12-24-13-18)8-15-4-2-1-3-5-15/h1-7,9-10,12-13H,8,11,14,23H2. The zero-order valence-electron chi connectivity index (χ0n) is 14.4. The molecule has 1 aliphatic heterocycles. The molecular formula is C22H19N3O. The summed E-state index contributed by atoms with van der Waals surface area (Å²) in [5.74, 6) is 0.0414. The number of Topliss-reactive ketones (excluding diaryl/α,β-unsaturated/α-hetero) is 1. The average Bonchev–Trinajstić information content (AvgIpc) is 2.69. The van der Waals surface area contributed by atoms with Crippen LogP contribution >= 0.6 is 0 Å². The predicted molar refractivity (Wildman–Crippen MR) is 104 cm³/mol. The van der Waals surface area contributed by atoms with Crippen LogP contribution in [0.2, 0.25) is 0 Å². The Morgan fingerprint density at radius 2 is 1.73 bits per heavy atom. The van der Waals surface area contributed by atoms with E-state index in [4.69, 9.17) is 5.73 Å². The number of hydrogen-bond acceptors (Lipinski definition) is 4. The topological polar surface area (TPSA) is 68.3 Å². The third kappa shape index (κ3) is 3.19. The first-order valence-corrected chi connectivity index (χ1v) is 8.64. The molecule has 128 valence electrons. The van der Waals surface area contributed by atoms with E-state index in [1.54, 1.807) is 0 Å². The highest BCUT2D eigenvalue weighted by Crippen LogP contribution is 2.26. The van der Waals surface area contributed by atoms with E-state index in [9.17, 15) is 4.79 Å². The van der Waals surface area contributed by atoms with Gasteiger partial charge in [0.1, 0.15) is 6.54 Å². The average molecular weight is 341 g/mol. The van der Waals surface area contributed by atoms with Gasteiger partial charge in [-0.2, -0.15) is 0 Å². The van der Waals surface area contributed by atoms with Crippen molar-refractivity contribution in [1.82, 2.24) is 4.98 Å². The molecule has 0 radical (unpaired) electrons. The van der Waals surface area contributed by atoms with Gasteiger partial charge in [0, 0.05) is 35.6 Å². The molecule has 1 aromatic heterocycles. The van der Waals surface area contributed by atoms with Gasteiger partial charge in [0.25, 0.3) is 0 Å². The number of rotatable bonds is 4. The maximum Gasteiger partial charge on any atom is 0.184 e. The fourth-order valence-electron chi connectivity index (χ4n) is 3.29.